The summed E-state index contributed by atoms with van der Waals surface area (Å²) in [6.45, 7) is 2.62. The number of aryl methyl sites for hydroxylation is 1. The maximum Gasteiger partial charge on any atom is 0.255 e. The number of nitrogens with one attached hydrogen (secondary N) is 1. The number of carbonyl (C=O) groups excluding carboxylic acids is 2. The van der Waals surface area contributed by atoms with Gasteiger partial charge in [-0.25, -0.2) is 0 Å². The molecule has 1 atom stereocenters. The van der Waals surface area contributed by atoms with Crippen LogP contribution in [0.1, 0.15) is 21.7 Å². The molecule has 0 unspecified atom stereocenters. The molecular formula is C23H20NO6-. The molecule has 1 aliphatic heterocycles. The summed E-state index contributed by atoms with van der Waals surface area (Å²) in [5, 5.41) is 14.1. The van der Waals surface area contributed by atoms with Gasteiger partial charge in [-0.3, -0.25) is 4.79 Å². The van der Waals surface area contributed by atoms with Gasteiger partial charge in [-0.15, -0.1) is 0 Å². The number of fused-ring (bicyclic) bond motifs is 1. The molecule has 1 aromatic heterocycles. The third-order valence-electron chi connectivity index (χ3n) is 4.86. The molecule has 1 aliphatic rings. The minimum atomic E-state index is -1.35. The fourth-order valence-corrected chi connectivity index (χ4v) is 3.33. The second-order valence-electron chi connectivity index (χ2n) is 6.97. The van der Waals surface area contributed by atoms with Gasteiger partial charge in [-0.2, -0.15) is 0 Å². The van der Waals surface area contributed by atoms with Crippen molar-refractivity contribution >= 4 is 11.9 Å². The fraction of sp³-hybridized carbons (Fsp3) is 0.217. The second-order valence-corrected chi connectivity index (χ2v) is 6.97. The lowest BCUT2D eigenvalue weighted by molar-refractivity contribution is -0.308. The molecule has 0 radical (unpaired) electrons. The lowest BCUT2D eigenvalue weighted by Gasteiger charge is -2.19. The fourth-order valence-electron chi connectivity index (χ4n) is 3.33. The summed E-state index contributed by atoms with van der Waals surface area (Å²) >= 11 is 0. The molecule has 1 N–H and O–H groups in total. The third kappa shape index (κ3) is 4.15. The monoisotopic (exact) mass is 406 g/mol. The van der Waals surface area contributed by atoms with E-state index in [9.17, 15) is 14.7 Å². The number of ether oxygens (including phenoxy) is 2. The summed E-state index contributed by atoms with van der Waals surface area (Å²) in [6.07, 6.45) is 0.126. The van der Waals surface area contributed by atoms with Crippen LogP contribution in [0.3, 0.4) is 0 Å². The van der Waals surface area contributed by atoms with Crippen LogP contribution in [-0.4, -0.2) is 31.1 Å². The van der Waals surface area contributed by atoms with Gasteiger partial charge in [0.05, 0.1) is 17.6 Å². The van der Waals surface area contributed by atoms with Gasteiger partial charge in [0.15, 0.2) is 11.5 Å². The Hall–Kier alpha value is -3.74. The molecule has 154 valence electrons. The predicted molar refractivity (Wildman–Crippen MR) is 106 cm³/mol. The lowest BCUT2D eigenvalue weighted by atomic mass is 10.1. The first kappa shape index (κ1) is 19.6. The van der Waals surface area contributed by atoms with Crippen LogP contribution in [0.4, 0.5) is 0 Å². The molecular weight excluding hydrogens is 386 g/mol. The highest BCUT2D eigenvalue weighted by molar-refractivity contribution is 5.98. The van der Waals surface area contributed by atoms with Gasteiger partial charge in [-0.1, -0.05) is 30.3 Å². The van der Waals surface area contributed by atoms with Crippen LogP contribution in [0.2, 0.25) is 0 Å². The number of amides is 1. The highest BCUT2D eigenvalue weighted by Crippen LogP contribution is 2.35. The molecule has 0 fully saturated rings. The maximum atomic E-state index is 12.7. The highest BCUT2D eigenvalue weighted by atomic mass is 16.6. The number of benzene rings is 2. The number of hydrogen-bond acceptors (Lipinski definition) is 6. The smallest absolute Gasteiger partial charge is 0.255 e. The van der Waals surface area contributed by atoms with Crippen molar-refractivity contribution in [3.63, 3.8) is 0 Å². The van der Waals surface area contributed by atoms with Crippen molar-refractivity contribution in [1.29, 1.82) is 0 Å². The Kier molecular flexibility index (Phi) is 5.43. The quantitative estimate of drug-likeness (QED) is 0.673. The number of rotatable bonds is 6. The molecule has 4 rings (SSSR count). The molecule has 0 saturated heterocycles. The Balaban J connectivity index is 1.53. The van der Waals surface area contributed by atoms with Crippen molar-refractivity contribution in [1.82, 2.24) is 5.32 Å². The van der Waals surface area contributed by atoms with Crippen molar-refractivity contribution in [2.75, 3.05) is 13.2 Å². The van der Waals surface area contributed by atoms with Crippen molar-refractivity contribution < 1.29 is 28.6 Å². The molecule has 0 bridgehead atoms. The number of carboxylic acids is 1. The van der Waals surface area contributed by atoms with Crippen LogP contribution in [0, 0.1) is 6.92 Å². The molecule has 3 aromatic rings. The second kappa shape index (κ2) is 8.32. The van der Waals surface area contributed by atoms with E-state index in [1.54, 1.807) is 37.3 Å². The summed E-state index contributed by atoms with van der Waals surface area (Å²) in [5.41, 5.74) is 1.77. The Morgan fingerprint density at radius 1 is 1.03 bits per heavy atom. The zero-order chi connectivity index (χ0) is 21.1. The van der Waals surface area contributed by atoms with Gasteiger partial charge < -0.3 is 29.1 Å². The van der Waals surface area contributed by atoms with Gasteiger partial charge >= 0.3 is 0 Å². The van der Waals surface area contributed by atoms with Crippen LogP contribution in [0.15, 0.2) is 59.0 Å². The Bertz CT molecular complexity index is 1070. The van der Waals surface area contributed by atoms with E-state index in [1.807, 2.05) is 24.3 Å². The van der Waals surface area contributed by atoms with Crippen molar-refractivity contribution in [2.24, 2.45) is 0 Å². The minimum absolute atomic E-state index is 0.126. The Labute approximate surface area is 173 Å². The molecule has 0 spiro atoms. The van der Waals surface area contributed by atoms with Crippen LogP contribution >= 0.6 is 0 Å². The van der Waals surface area contributed by atoms with Gasteiger partial charge in [0.1, 0.15) is 24.7 Å². The molecule has 2 heterocycles. The van der Waals surface area contributed by atoms with Crippen molar-refractivity contribution in [3.05, 3.63) is 71.5 Å². The number of hydrogen-bond donors (Lipinski definition) is 1. The maximum absolute atomic E-state index is 12.7. The summed E-state index contributed by atoms with van der Waals surface area (Å²) < 4.78 is 16.9. The number of aliphatic carboxylic acids is 1. The summed E-state index contributed by atoms with van der Waals surface area (Å²) in [5.74, 6) is 0.241. The van der Waals surface area contributed by atoms with E-state index >= 15 is 0 Å². The average molecular weight is 406 g/mol. The molecule has 7 heteroatoms. The number of furan rings is 1. The summed E-state index contributed by atoms with van der Waals surface area (Å²) in [4.78, 5) is 24.3. The molecule has 1 amide bonds. The van der Waals surface area contributed by atoms with Crippen LogP contribution in [0.25, 0.3) is 11.3 Å². The van der Waals surface area contributed by atoms with Gasteiger partial charge in [0.2, 0.25) is 0 Å². The van der Waals surface area contributed by atoms with Gasteiger partial charge in [0.25, 0.3) is 5.91 Å². The standard InChI is InChI=1S/C23H21NO6/c1-14-17(22(25)24-18(23(26)27)11-15-5-3-2-4-6-15)13-20(30-14)16-7-8-19-21(12-16)29-10-9-28-19/h2-8,12-13,18H,9-11H2,1H3,(H,24,25)(H,26,27)/p-1/t18-/m1/s1. The number of carboxylic acid groups (broad SMARTS) is 1. The largest absolute Gasteiger partial charge is 0.548 e. The molecule has 30 heavy (non-hydrogen) atoms. The first-order chi connectivity index (χ1) is 14.5. The first-order valence-corrected chi connectivity index (χ1v) is 9.57. The molecule has 0 saturated carbocycles. The third-order valence-corrected chi connectivity index (χ3v) is 4.86. The lowest BCUT2D eigenvalue weighted by Crippen LogP contribution is -2.49. The molecule has 7 nitrogen and oxygen atoms in total. The van der Waals surface area contributed by atoms with E-state index in [4.69, 9.17) is 13.9 Å². The SMILES string of the molecule is Cc1oc(-c2ccc3c(c2)OCCO3)cc1C(=O)N[C@H](Cc1ccccc1)C(=O)[O-]. The van der Waals surface area contributed by atoms with Crippen molar-refractivity contribution in [2.45, 2.75) is 19.4 Å². The zero-order valence-corrected chi connectivity index (χ0v) is 16.3. The zero-order valence-electron chi connectivity index (χ0n) is 16.3. The van der Waals surface area contributed by atoms with E-state index in [2.05, 4.69) is 5.32 Å². The van der Waals surface area contributed by atoms with E-state index in [0.717, 1.165) is 11.1 Å². The average Bonchev–Trinajstić information content (AvgIpc) is 3.15. The summed E-state index contributed by atoms with van der Waals surface area (Å²) in [6, 6.07) is 14.9. The van der Waals surface area contributed by atoms with E-state index in [-0.39, 0.29) is 12.0 Å². The van der Waals surface area contributed by atoms with E-state index < -0.39 is 17.9 Å². The normalized spacial score (nSPS) is 13.5. The predicted octanol–water partition coefficient (Wildman–Crippen LogP) is 2.12. The Morgan fingerprint density at radius 2 is 1.77 bits per heavy atom. The van der Waals surface area contributed by atoms with Crippen molar-refractivity contribution in [3.8, 4) is 22.8 Å². The van der Waals surface area contributed by atoms with Crippen LogP contribution in [0.5, 0.6) is 11.5 Å². The van der Waals surface area contributed by atoms with Crippen LogP contribution < -0.4 is 19.9 Å². The minimum Gasteiger partial charge on any atom is -0.548 e. The van der Waals surface area contributed by atoms with Gasteiger partial charge in [0, 0.05) is 5.56 Å². The van der Waals surface area contributed by atoms with Gasteiger partial charge in [-0.05, 0) is 43.2 Å². The Morgan fingerprint density at radius 3 is 2.50 bits per heavy atom. The molecule has 0 aliphatic carbocycles. The summed E-state index contributed by atoms with van der Waals surface area (Å²) in [7, 11) is 0. The first-order valence-electron chi connectivity index (χ1n) is 9.57. The topological polar surface area (TPSA) is 101 Å². The number of carbonyl (C=O) groups is 2. The molecule has 2 aromatic carbocycles. The highest BCUT2D eigenvalue weighted by Gasteiger charge is 2.21. The van der Waals surface area contributed by atoms with Crippen LogP contribution in [-0.2, 0) is 11.2 Å². The van der Waals surface area contributed by atoms with E-state index in [0.29, 0.717) is 36.2 Å². The van der Waals surface area contributed by atoms with E-state index in [1.165, 1.54) is 0 Å².